The summed E-state index contributed by atoms with van der Waals surface area (Å²) in [7, 11) is 0. The summed E-state index contributed by atoms with van der Waals surface area (Å²) < 4.78 is 4.95. The van der Waals surface area contributed by atoms with E-state index in [1.54, 1.807) is 15.4 Å². The third-order valence-electron chi connectivity index (χ3n) is 4.81. The van der Waals surface area contributed by atoms with Gasteiger partial charge in [0.25, 0.3) is 0 Å². The van der Waals surface area contributed by atoms with Crippen molar-refractivity contribution in [3.8, 4) is 11.1 Å². The number of hydrogen-bond acceptors (Lipinski definition) is 0. The molecule has 0 amide bonds. The molecule has 1 heteroatoms. The summed E-state index contributed by atoms with van der Waals surface area (Å²) in [6, 6.07) is 25.1. The van der Waals surface area contributed by atoms with Gasteiger partial charge in [-0.3, -0.25) is 0 Å². The van der Waals surface area contributed by atoms with Crippen LogP contribution in [0.15, 0.2) is 66.7 Å². The van der Waals surface area contributed by atoms with Gasteiger partial charge in [-0.05, 0) is 0 Å². The monoisotopic (exact) mass is 508 g/mol. The first kappa shape index (κ1) is 16.0. The fourth-order valence-corrected chi connectivity index (χ4v) is 16.0. The first-order chi connectivity index (χ1) is 11.5. The second-order valence-electron chi connectivity index (χ2n) is 7.59. The van der Waals surface area contributed by atoms with Gasteiger partial charge in [-0.1, -0.05) is 0 Å². The van der Waals surface area contributed by atoms with Gasteiger partial charge in [0.2, 0.25) is 0 Å². The molecule has 0 atom stereocenters. The second kappa shape index (κ2) is 5.81. The SMILES string of the molecule is Cc1ccc2[c](c1C(C)(C)C)[Bi]([c]1ccccc1)[c]1ccccc1-2. The number of benzene rings is 3. The average Bonchev–Trinajstić information content (AvgIpc) is 2.88. The molecule has 4 rings (SSSR count). The Balaban J connectivity index is 2.09. The summed E-state index contributed by atoms with van der Waals surface area (Å²) in [5, 5.41) is 0. The maximum absolute atomic E-state index is 2.39. The predicted molar refractivity (Wildman–Crippen MR) is 106 cm³/mol. The first-order valence-corrected chi connectivity index (χ1v) is 13.8. The Hall–Kier alpha value is -1.46. The van der Waals surface area contributed by atoms with E-state index in [1.165, 1.54) is 16.7 Å². The Morgan fingerprint density at radius 1 is 0.708 bits per heavy atom. The van der Waals surface area contributed by atoms with Gasteiger partial charge >= 0.3 is 154 Å². The van der Waals surface area contributed by atoms with E-state index >= 15 is 0 Å². The summed E-state index contributed by atoms with van der Waals surface area (Å²) in [6.07, 6.45) is 0. The molecule has 0 aliphatic carbocycles. The Morgan fingerprint density at radius 2 is 1.38 bits per heavy atom. The Morgan fingerprint density at radius 3 is 2.08 bits per heavy atom. The van der Waals surface area contributed by atoms with Gasteiger partial charge < -0.3 is 0 Å². The van der Waals surface area contributed by atoms with Crippen molar-refractivity contribution in [2.24, 2.45) is 0 Å². The predicted octanol–water partition coefficient (Wildman–Crippen LogP) is 3.79. The summed E-state index contributed by atoms with van der Waals surface area (Å²) in [5.74, 6) is 0. The molecule has 1 aliphatic rings. The summed E-state index contributed by atoms with van der Waals surface area (Å²) in [5.41, 5.74) is 6.21. The minimum absolute atomic E-state index is 0.180. The van der Waals surface area contributed by atoms with Crippen molar-refractivity contribution < 1.29 is 0 Å². The van der Waals surface area contributed by atoms with Gasteiger partial charge in [-0.25, -0.2) is 0 Å². The van der Waals surface area contributed by atoms with Crippen LogP contribution >= 0.6 is 0 Å². The van der Waals surface area contributed by atoms with Crippen LogP contribution in [0.2, 0.25) is 0 Å². The summed E-state index contributed by atoms with van der Waals surface area (Å²) in [6.45, 7) is 9.39. The average molecular weight is 508 g/mol. The van der Waals surface area contributed by atoms with Gasteiger partial charge in [0, 0.05) is 0 Å². The molecule has 0 N–H and O–H groups in total. The van der Waals surface area contributed by atoms with Crippen LogP contribution < -0.4 is 9.81 Å². The number of hydrogen-bond donors (Lipinski definition) is 0. The standard InChI is InChI=1S/C17H18.C6H5.Bi/c1-13-10-11-15(12-16(13)17(2,3)4)14-8-6-5-7-9-14;1-2-4-6-5-3-1;/h5-8,10-11H,1-4H3;1-5H;. The van der Waals surface area contributed by atoms with E-state index in [-0.39, 0.29) is 5.41 Å². The Kier molecular flexibility index (Phi) is 3.88. The molecule has 0 fully saturated rings. The third kappa shape index (κ3) is 2.45. The summed E-state index contributed by atoms with van der Waals surface area (Å²) in [4.78, 5) is 0. The van der Waals surface area contributed by atoms with Crippen LogP contribution in [-0.2, 0) is 5.41 Å². The molecule has 3 aromatic rings. The van der Waals surface area contributed by atoms with Crippen molar-refractivity contribution in [1.82, 2.24) is 0 Å². The van der Waals surface area contributed by atoms with Crippen molar-refractivity contribution in [3.05, 3.63) is 77.9 Å². The topological polar surface area (TPSA) is 0 Å². The number of aryl methyl sites for hydroxylation is 1. The molecule has 0 nitrogen and oxygen atoms in total. The van der Waals surface area contributed by atoms with Crippen LogP contribution in [0.1, 0.15) is 31.9 Å². The Labute approximate surface area is 153 Å². The summed E-state index contributed by atoms with van der Waals surface area (Å²) >= 11 is -2.21. The third-order valence-corrected chi connectivity index (χ3v) is 14.9. The molecule has 0 unspecified atom stereocenters. The fourth-order valence-electron chi connectivity index (χ4n) is 3.95. The van der Waals surface area contributed by atoms with E-state index in [4.69, 9.17) is 0 Å². The minimum atomic E-state index is -2.21. The van der Waals surface area contributed by atoms with Crippen molar-refractivity contribution in [3.63, 3.8) is 0 Å². The molecule has 1 heterocycles. The molecule has 0 spiro atoms. The molecule has 0 bridgehead atoms. The second-order valence-corrected chi connectivity index (χ2v) is 15.8. The van der Waals surface area contributed by atoms with E-state index in [2.05, 4.69) is 94.4 Å². The molecule has 0 aromatic heterocycles. The van der Waals surface area contributed by atoms with Crippen LogP contribution in [0, 0.1) is 6.92 Å². The van der Waals surface area contributed by atoms with Gasteiger partial charge in [0.15, 0.2) is 0 Å². The molecular formula is C23H23Bi. The van der Waals surface area contributed by atoms with Gasteiger partial charge in [0.1, 0.15) is 0 Å². The van der Waals surface area contributed by atoms with Crippen molar-refractivity contribution in [2.75, 3.05) is 0 Å². The molecule has 0 saturated heterocycles. The van der Waals surface area contributed by atoms with E-state index in [1.807, 2.05) is 0 Å². The van der Waals surface area contributed by atoms with Crippen LogP contribution in [-0.4, -0.2) is 21.8 Å². The first-order valence-electron chi connectivity index (χ1n) is 8.57. The quantitative estimate of drug-likeness (QED) is 0.344. The van der Waals surface area contributed by atoms with E-state index in [0.717, 1.165) is 0 Å². The van der Waals surface area contributed by atoms with Crippen LogP contribution in [0.3, 0.4) is 0 Å². The van der Waals surface area contributed by atoms with E-state index in [9.17, 15) is 0 Å². The molecule has 0 radical (unpaired) electrons. The zero-order valence-electron chi connectivity index (χ0n) is 14.8. The van der Waals surface area contributed by atoms with Crippen LogP contribution in [0.25, 0.3) is 11.1 Å². The van der Waals surface area contributed by atoms with Crippen molar-refractivity contribution in [2.45, 2.75) is 33.1 Å². The number of fused-ring (bicyclic) bond motifs is 3. The van der Waals surface area contributed by atoms with E-state index < -0.39 is 21.8 Å². The van der Waals surface area contributed by atoms with Crippen LogP contribution in [0.4, 0.5) is 0 Å². The molecule has 3 aromatic carbocycles. The van der Waals surface area contributed by atoms with E-state index in [0.29, 0.717) is 0 Å². The Bertz CT molecular complexity index is 901. The normalized spacial score (nSPS) is 13.7. The number of rotatable bonds is 1. The van der Waals surface area contributed by atoms with Crippen molar-refractivity contribution >= 4 is 31.6 Å². The van der Waals surface area contributed by atoms with Crippen LogP contribution in [0.5, 0.6) is 0 Å². The molecule has 120 valence electrons. The molecule has 24 heavy (non-hydrogen) atoms. The molecular weight excluding hydrogens is 485 g/mol. The van der Waals surface area contributed by atoms with Gasteiger partial charge in [-0.2, -0.15) is 0 Å². The molecule has 1 aliphatic heterocycles. The fraction of sp³-hybridized carbons (Fsp3) is 0.217. The van der Waals surface area contributed by atoms with Gasteiger partial charge in [0.05, 0.1) is 0 Å². The zero-order valence-corrected chi connectivity index (χ0v) is 18.3. The molecule has 0 saturated carbocycles. The maximum atomic E-state index is 2.39. The van der Waals surface area contributed by atoms with Crippen molar-refractivity contribution in [1.29, 1.82) is 0 Å². The zero-order chi connectivity index (χ0) is 16.9. The van der Waals surface area contributed by atoms with Gasteiger partial charge in [-0.15, -0.1) is 0 Å².